The van der Waals surface area contributed by atoms with Gasteiger partial charge in [0, 0.05) is 65.3 Å². The molecule has 0 unspecified atom stereocenters. The van der Waals surface area contributed by atoms with Crippen molar-refractivity contribution in [2.24, 2.45) is 0 Å². The lowest BCUT2D eigenvalue weighted by Gasteiger charge is -2.12. The molecule has 0 saturated carbocycles. The molecule has 0 aliphatic rings. The maximum Gasteiger partial charge on any atom is 0.164 e. The van der Waals surface area contributed by atoms with Gasteiger partial charge in [0.05, 0.1) is 0 Å². The van der Waals surface area contributed by atoms with E-state index in [4.69, 9.17) is 28.2 Å². The predicted molar refractivity (Wildman–Crippen MR) is 238 cm³/mol. The molecule has 0 N–H and O–H groups in total. The second-order valence-electron chi connectivity index (χ2n) is 15.1. The number of hydrogen-bond donors (Lipinski definition) is 0. The van der Waals surface area contributed by atoms with Crippen molar-refractivity contribution < 1.29 is 13.3 Å². The summed E-state index contributed by atoms with van der Waals surface area (Å²) in [4.78, 5) is 16.0. The minimum Gasteiger partial charge on any atom is -0.455 e. The van der Waals surface area contributed by atoms with Crippen LogP contribution < -0.4 is 0 Å². The zero-order chi connectivity index (χ0) is 38.6. The molecule has 6 nitrogen and oxygen atoms in total. The molecule has 13 aromatic rings. The number of aromatic nitrogens is 3. The van der Waals surface area contributed by atoms with Crippen LogP contribution in [0.5, 0.6) is 0 Å². The van der Waals surface area contributed by atoms with Crippen molar-refractivity contribution in [3.8, 4) is 45.3 Å². The highest BCUT2D eigenvalue weighted by Gasteiger charge is 2.23. The third kappa shape index (κ3) is 4.77. The summed E-state index contributed by atoms with van der Waals surface area (Å²) in [6.07, 6.45) is 0. The van der Waals surface area contributed by atoms with Gasteiger partial charge in [-0.1, -0.05) is 146 Å². The molecule has 0 saturated heterocycles. The lowest BCUT2D eigenvalue weighted by Crippen LogP contribution is -2.01. The van der Waals surface area contributed by atoms with Gasteiger partial charge < -0.3 is 13.3 Å². The molecule has 13 rings (SSSR count). The molecule has 0 spiro atoms. The molecule has 6 heteroatoms. The Morgan fingerprint density at radius 3 is 1.29 bits per heavy atom. The monoisotopic (exact) mass is 755 g/mol. The molecule has 0 fully saturated rings. The Hall–Kier alpha value is -8.09. The van der Waals surface area contributed by atoms with Crippen molar-refractivity contribution in [2.75, 3.05) is 0 Å². The number of benzene rings is 9. The van der Waals surface area contributed by atoms with Crippen molar-refractivity contribution >= 4 is 87.4 Å². The van der Waals surface area contributed by atoms with E-state index in [0.717, 1.165) is 115 Å². The Kier molecular flexibility index (Phi) is 6.63. The number of rotatable bonds is 4. The summed E-state index contributed by atoms with van der Waals surface area (Å²) < 4.78 is 19.6. The van der Waals surface area contributed by atoms with Crippen LogP contribution in [0.4, 0.5) is 0 Å². The van der Waals surface area contributed by atoms with Crippen LogP contribution in [0.15, 0.2) is 189 Å². The van der Waals surface area contributed by atoms with E-state index < -0.39 is 0 Å². The fraction of sp³-hybridized carbons (Fsp3) is 0. The molecular weight excluding hydrogens is 727 g/mol. The van der Waals surface area contributed by atoms with Crippen LogP contribution in [0.1, 0.15) is 0 Å². The number of fused-ring (bicyclic) bond motifs is 13. The van der Waals surface area contributed by atoms with Gasteiger partial charge in [-0.2, -0.15) is 0 Å². The van der Waals surface area contributed by atoms with E-state index in [2.05, 4.69) is 97.1 Å². The van der Waals surface area contributed by atoms with E-state index in [1.807, 2.05) is 78.9 Å². The Labute approximate surface area is 335 Å². The lowest BCUT2D eigenvalue weighted by atomic mass is 9.98. The fourth-order valence-electron chi connectivity index (χ4n) is 8.99. The third-order valence-corrected chi connectivity index (χ3v) is 11.7. The summed E-state index contributed by atoms with van der Waals surface area (Å²) in [6, 6.07) is 60.3. The van der Waals surface area contributed by atoms with E-state index in [0.29, 0.717) is 17.5 Å². The van der Waals surface area contributed by atoms with Gasteiger partial charge in [-0.05, 0) is 46.7 Å². The molecule has 59 heavy (non-hydrogen) atoms. The van der Waals surface area contributed by atoms with Crippen LogP contribution in [-0.2, 0) is 0 Å². The number of furan rings is 3. The van der Waals surface area contributed by atoms with Gasteiger partial charge in [0.1, 0.15) is 33.5 Å². The van der Waals surface area contributed by atoms with Crippen LogP contribution in [-0.4, -0.2) is 15.0 Å². The smallest absolute Gasteiger partial charge is 0.164 e. The molecule has 0 aliphatic carbocycles. The Morgan fingerprint density at radius 1 is 0.288 bits per heavy atom. The Bertz CT molecular complexity index is 3680. The van der Waals surface area contributed by atoms with Crippen molar-refractivity contribution in [1.29, 1.82) is 0 Å². The molecule has 9 aromatic carbocycles. The maximum atomic E-state index is 6.61. The number of nitrogens with zero attached hydrogens (tertiary/aromatic N) is 3. The molecular formula is C53H29N3O3. The van der Waals surface area contributed by atoms with Crippen LogP contribution in [0.25, 0.3) is 133 Å². The van der Waals surface area contributed by atoms with Crippen molar-refractivity contribution in [2.45, 2.75) is 0 Å². The van der Waals surface area contributed by atoms with Crippen molar-refractivity contribution in [1.82, 2.24) is 15.0 Å². The first kappa shape index (κ1) is 32.0. The van der Waals surface area contributed by atoms with Crippen LogP contribution in [0.3, 0.4) is 0 Å². The fourth-order valence-corrected chi connectivity index (χ4v) is 8.99. The van der Waals surface area contributed by atoms with E-state index in [1.54, 1.807) is 0 Å². The second kappa shape index (κ2) is 12.2. The minimum absolute atomic E-state index is 0.553. The summed E-state index contributed by atoms with van der Waals surface area (Å²) >= 11 is 0. The van der Waals surface area contributed by atoms with Gasteiger partial charge in [0.25, 0.3) is 0 Å². The van der Waals surface area contributed by atoms with Crippen molar-refractivity contribution in [3.63, 3.8) is 0 Å². The molecule has 0 atom stereocenters. The first-order valence-corrected chi connectivity index (χ1v) is 19.7. The Morgan fingerprint density at radius 2 is 0.712 bits per heavy atom. The highest BCUT2D eigenvalue weighted by Crippen LogP contribution is 2.44. The van der Waals surface area contributed by atoms with E-state index in [9.17, 15) is 0 Å². The summed E-state index contributed by atoms with van der Waals surface area (Å²) in [5.41, 5.74) is 9.64. The highest BCUT2D eigenvalue weighted by atomic mass is 16.3. The van der Waals surface area contributed by atoms with Crippen LogP contribution >= 0.6 is 0 Å². The molecule has 0 bridgehead atoms. The highest BCUT2D eigenvalue weighted by molar-refractivity contribution is 6.22. The number of para-hydroxylation sites is 4. The largest absolute Gasteiger partial charge is 0.455 e. The van der Waals surface area contributed by atoms with Gasteiger partial charge in [0.2, 0.25) is 0 Å². The average Bonchev–Trinajstić information content (AvgIpc) is 4.01. The zero-order valence-corrected chi connectivity index (χ0v) is 31.3. The third-order valence-electron chi connectivity index (χ3n) is 11.7. The van der Waals surface area contributed by atoms with Gasteiger partial charge in [-0.25, -0.2) is 15.0 Å². The van der Waals surface area contributed by atoms with Gasteiger partial charge in [-0.15, -0.1) is 0 Å². The van der Waals surface area contributed by atoms with Crippen molar-refractivity contribution in [3.05, 3.63) is 176 Å². The average molecular weight is 756 g/mol. The first-order valence-electron chi connectivity index (χ1n) is 19.7. The minimum atomic E-state index is 0.553. The van der Waals surface area contributed by atoms with E-state index in [-0.39, 0.29) is 0 Å². The molecule has 4 heterocycles. The van der Waals surface area contributed by atoms with E-state index in [1.165, 1.54) is 0 Å². The van der Waals surface area contributed by atoms with Crippen LogP contribution in [0, 0.1) is 0 Å². The quantitative estimate of drug-likeness (QED) is 0.178. The summed E-state index contributed by atoms with van der Waals surface area (Å²) in [5.74, 6) is 1.66. The second-order valence-corrected chi connectivity index (χ2v) is 15.1. The normalized spacial score (nSPS) is 12.1. The molecule has 0 aliphatic heterocycles. The summed E-state index contributed by atoms with van der Waals surface area (Å²) in [7, 11) is 0. The molecule has 0 amide bonds. The molecule has 0 radical (unpaired) electrons. The zero-order valence-electron chi connectivity index (χ0n) is 31.3. The standard InChI is InChI=1S/C53H29N3O3/c1-3-14-35-32(12-1)28-41(46-39-17-6-9-22-44(39)58-49(35)46)52-54-51(31-26-24-30(25-27-31)34-19-11-20-38-37-16-5-8-21-43(37)57-48(34)38)55-53(56-52)42-29-33-13-2-4-15-36(33)50-47(42)40-18-7-10-23-45(40)59-50/h1-29H. The summed E-state index contributed by atoms with van der Waals surface area (Å²) in [5, 5.41) is 10.3. The summed E-state index contributed by atoms with van der Waals surface area (Å²) in [6.45, 7) is 0. The van der Waals surface area contributed by atoms with Gasteiger partial charge in [-0.3, -0.25) is 0 Å². The van der Waals surface area contributed by atoms with E-state index >= 15 is 0 Å². The lowest BCUT2D eigenvalue weighted by molar-refractivity contribution is 0.670. The van der Waals surface area contributed by atoms with Gasteiger partial charge in [0.15, 0.2) is 17.5 Å². The van der Waals surface area contributed by atoms with Gasteiger partial charge >= 0.3 is 0 Å². The number of hydrogen-bond acceptors (Lipinski definition) is 6. The topological polar surface area (TPSA) is 78.1 Å². The first-order chi connectivity index (χ1) is 29.2. The Balaban J connectivity index is 1.08. The molecule has 4 aromatic heterocycles. The maximum absolute atomic E-state index is 6.61. The molecule has 274 valence electrons. The van der Waals surface area contributed by atoms with Crippen LogP contribution in [0.2, 0.25) is 0 Å². The predicted octanol–water partition coefficient (Wildman–Crippen LogP) is 14.5. The SMILES string of the molecule is c1ccc2c(c1)cc(-c1nc(-c3ccc(-c4cccc5c4oc4ccccc45)cc3)nc(-c3cc4ccccc4c4oc5ccccc5c34)n1)c1c3ccccc3oc21.